The molecule has 2 rings (SSSR count). The quantitative estimate of drug-likeness (QED) is 0.922. The monoisotopic (exact) mass is 275 g/mol. The van der Waals surface area contributed by atoms with Crippen LogP contribution in [0.3, 0.4) is 0 Å². The molecule has 0 unspecified atom stereocenters. The first kappa shape index (κ1) is 14.6. The van der Waals surface area contributed by atoms with Gasteiger partial charge in [-0.05, 0) is 36.0 Å². The van der Waals surface area contributed by atoms with Crippen LogP contribution in [0, 0.1) is 5.41 Å². The highest BCUT2D eigenvalue weighted by molar-refractivity contribution is 5.88. The van der Waals surface area contributed by atoms with Crippen molar-refractivity contribution < 1.29 is 14.7 Å². The van der Waals surface area contributed by atoms with E-state index in [9.17, 15) is 9.59 Å². The van der Waals surface area contributed by atoms with Crippen molar-refractivity contribution in [2.24, 2.45) is 5.41 Å². The lowest BCUT2D eigenvalue weighted by Crippen LogP contribution is -2.44. The number of hydrogen-bond acceptors (Lipinski definition) is 2. The molecule has 1 aromatic carbocycles. The Hall–Kier alpha value is -1.84. The van der Waals surface area contributed by atoms with Crippen LogP contribution in [0.1, 0.15) is 42.6 Å². The van der Waals surface area contributed by atoms with Gasteiger partial charge in [-0.2, -0.15) is 0 Å². The number of aromatic carboxylic acids is 1. The second-order valence-corrected chi connectivity index (χ2v) is 6.27. The molecule has 20 heavy (non-hydrogen) atoms. The van der Waals surface area contributed by atoms with Crippen LogP contribution < -0.4 is 0 Å². The molecule has 0 saturated carbocycles. The number of carbonyl (C=O) groups excluding carboxylic acids is 1. The van der Waals surface area contributed by atoms with E-state index in [1.807, 2.05) is 4.90 Å². The molecule has 0 radical (unpaired) electrons. The molecule has 1 aromatic rings. The summed E-state index contributed by atoms with van der Waals surface area (Å²) in [5.41, 5.74) is 1.17. The van der Waals surface area contributed by atoms with Gasteiger partial charge in [0.25, 0.3) is 0 Å². The van der Waals surface area contributed by atoms with E-state index in [1.165, 1.54) is 0 Å². The number of likely N-dealkylation sites (tertiary alicyclic amines) is 1. The van der Waals surface area contributed by atoms with Gasteiger partial charge in [0.1, 0.15) is 0 Å². The molecule has 0 aromatic heterocycles. The number of hydrogen-bond donors (Lipinski definition) is 1. The molecule has 0 atom stereocenters. The molecule has 0 bridgehead atoms. The van der Waals surface area contributed by atoms with Crippen molar-refractivity contribution in [3.05, 3.63) is 35.4 Å². The van der Waals surface area contributed by atoms with Crippen molar-refractivity contribution in [1.82, 2.24) is 4.90 Å². The average Bonchev–Trinajstić information content (AvgIpc) is 2.37. The van der Waals surface area contributed by atoms with E-state index in [2.05, 4.69) is 13.8 Å². The van der Waals surface area contributed by atoms with Crippen LogP contribution in [0.15, 0.2) is 24.3 Å². The van der Waals surface area contributed by atoms with Gasteiger partial charge in [0, 0.05) is 13.1 Å². The number of rotatable bonds is 3. The summed E-state index contributed by atoms with van der Waals surface area (Å²) in [5.74, 6) is -0.876. The third-order valence-corrected chi connectivity index (χ3v) is 3.78. The molecular formula is C16H21NO3. The Morgan fingerprint density at radius 3 is 2.75 bits per heavy atom. The Morgan fingerprint density at radius 2 is 2.10 bits per heavy atom. The van der Waals surface area contributed by atoms with Crippen molar-refractivity contribution in [2.45, 2.75) is 33.1 Å². The van der Waals surface area contributed by atoms with Gasteiger partial charge in [-0.3, -0.25) is 4.79 Å². The zero-order valence-corrected chi connectivity index (χ0v) is 12.1. The van der Waals surface area contributed by atoms with Gasteiger partial charge >= 0.3 is 5.97 Å². The molecule has 1 aliphatic heterocycles. The summed E-state index contributed by atoms with van der Waals surface area (Å²) in [6.07, 6.45) is 2.45. The zero-order chi connectivity index (χ0) is 14.8. The predicted molar refractivity (Wildman–Crippen MR) is 76.7 cm³/mol. The van der Waals surface area contributed by atoms with Crippen LogP contribution in [0.5, 0.6) is 0 Å². The highest BCUT2D eigenvalue weighted by Crippen LogP contribution is 2.28. The molecular weight excluding hydrogens is 254 g/mol. The van der Waals surface area contributed by atoms with Crippen molar-refractivity contribution >= 4 is 11.9 Å². The molecule has 1 aliphatic rings. The Labute approximate surface area is 119 Å². The van der Waals surface area contributed by atoms with Crippen LogP contribution in [-0.2, 0) is 11.2 Å². The summed E-state index contributed by atoms with van der Waals surface area (Å²) in [6, 6.07) is 6.61. The largest absolute Gasteiger partial charge is 0.478 e. The molecule has 4 nitrogen and oxygen atoms in total. The third-order valence-electron chi connectivity index (χ3n) is 3.78. The van der Waals surface area contributed by atoms with Gasteiger partial charge in [0.2, 0.25) is 5.91 Å². The summed E-state index contributed by atoms with van der Waals surface area (Å²) in [5, 5.41) is 8.97. The minimum Gasteiger partial charge on any atom is -0.478 e. The third kappa shape index (κ3) is 3.59. The Kier molecular flexibility index (Phi) is 4.12. The van der Waals surface area contributed by atoms with Crippen LogP contribution in [0.4, 0.5) is 0 Å². The SMILES string of the molecule is CC1(C)CCCN(C(=O)Cc2cccc(C(=O)O)c2)C1. The Balaban J connectivity index is 2.04. The molecule has 1 saturated heterocycles. The van der Waals surface area contributed by atoms with Gasteiger partial charge in [-0.1, -0.05) is 26.0 Å². The molecule has 1 N–H and O–H groups in total. The maximum absolute atomic E-state index is 12.3. The molecule has 1 heterocycles. The van der Waals surface area contributed by atoms with Gasteiger partial charge in [0.15, 0.2) is 0 Å². The van der Waals surface area contributed by atoms with Crippen LogP contribution in [-0.4, -0.2) is 35.0 Å². The highest BCUT2D eigenvalue weighted by Gasteiger charge is 2.28. The van der Waals surface area contributed by atoms with Gasteiger partial charge in [-0.25, -0.2) is 4.79 Å². The topological polar surface area (TPSA) is 57.6 Å². The summed E-state index contributed by atoms with van der Waals surface area (Å²) < 4.78 is 0. The van der Waals surface area contributed by atoms with E-state index in [1.54, 1.807) is 24.3 Å². The van der Waals surface area contributed by atoms with E-state index in [0.717, 1.165) is 31.5 Å². The van der Waals surface area contributed by atoms with Crippen molar-refractivity contribution in [3.8, 4) is 0 Å². The number of carboxylic acids is 1. The Bertz CT molecular complexity index is 522. The van der Waals surface area contributed by atoms with Crippen LogP contribution >= 0.6 is 0 Å². The molecule has 108 valence electrons. The van der Waals surface area contributed by atoms with E-state index in [-0.39, 0.29) is 23.3 Å². The fraction of sp³-hybridized carbons (Fsp3) is 0.500. The fourth-order valence-electron chi connectivity index (χ4n) is 2.74. The fourth-order valence-corrected chi connectivity index (χ4v) is 2.74. The number of amides is 1. The summed E-state index contributed by atoms with van der Waals surface area (Å²) in [4.78, 5) is 25.1. The minimum atomic E-state index is -0.960. The first-order valence-corrected chi connectivity index (χ1v) is 6.97. The summed E-state index contributed by atoms with van der Waals surface area (Å²) in [7, 11) is 0. The predicted octanol–water partition coefficient (Wildman–Crippen LogP) is 2.58. The van der Waals surface area contributed by atoms with Gasteiger partial charge in [0.05, 0.1) is 12.0 Å². The average molecular weight is 275 g/mol. The minimum absolute atomic E-state index is 0.0836. The maximum atomic E-state index is 12.3. The van der Waals surface area contributed by atoms with Crippen molar-refractivity contribution in [2.75, 3.05) is 13.1 Å². The lowest BCUT2D eigenvalue weighted by Gasteiger charge is -2.38. The van der Waals surface area contributed by atoms with E-state index in [4.69, 9.17) is 5.11 Å². The number of nitrogens with zero attached hydrogens (tertiary/aromatic N) is 1. The lowest BCUT2D eigenvalue weighted by molar-refractivity contribution is -0.133. The van der Waals surface area contributed by atoms with Crippen molar-refractivity contribution in [3.63, 3.8) is 0 Å². The second-order valence-electron chi connectivity index (χ2n) is 6.27. The lowest BCUT2D eigenvalue weighted by atomic mass is 9.84. The van der Waals surface area contributed by atoms with E-state index < -0.39 is 5.97 Å². The van der Waals surface area contributed by atoms with E-state index in [0.29, 0.717) is 0 Å². The molecule has 0 spiro atoms. The number of carboxylic acid groups (broad SMARTS) is 1. The van der Waals surface area contributed by atoms with Crippen molar-refractivity contribution in [1.29, 1.82) is 0 Å². The molecule has 4 heteroatoms. The number of benzene rings is 1. The zero-order valence-electron chi connectivity index (χ0n) is 12.1. The van der Waals surface area contributed by atoms with Crippen LogP contribution in [0.2, 0.25) is 0 Å². The first-order chi connectivity index (χ1) is 9.37. The summed E-state index contributed by atoms with van der Waals surface area (Å²) in [6.45, 7) is 5.94. The standard InChI is InChI=1S/C16H21NO3/c1-16(2)7-4-8-17(11-16)14(18)10-12-5-3-6-13(9-12)15(19)20/h3,5-6,9H,4,7-8,10-11H2,1-2H3,(H,19,20). The summed E-state index contributed by atoms with van der Waals surface area (Å²) >= 11 is 0. The molecule has 1 amide bonds. The van der Waals surface area contributed by atoms with E-state index >= 15 is 0 Å². The first-order valence-electron chi connectivity index (χ1n) is 6.97. The Morgan fingerprint density at radius 1 is 1.35 bits per heavy atom. The van der Waals surface area contributed by atoms with Gasteiger partial charge < -0.3 is 10.0 Å². The second kappa shape index (κ2) is 5.65. The number of piperidine rings is 1. The maximum Gasteiger partial charge on any atom is 0.335 e. The smallest absolute Gasteiger partial charge is 0.335 e. The molecule has 0 aliphatic carbocycles. The molecule has 1 fully saturated rings. The number of carbonyl (C=O) groups is 2. The highest BCUT2D eigenvalue weighted by atomic mass is 16.4. The van der Waals surface area contributed by atoms with Crippen LogP contribution in [0.25, 0.3) is 0 Å². The normalized spacial score (nSPS) is 17.8. The van der Waals surface area contributed by atoms with Gasteiger partial charge in [-0.15, -0.1) is 0 Å².